The van der Waals surface area contributed by atoms with Crippen LogP contribution in [0.3, 0.4) is 0 Å². The number of hydrazine groups is 1. The van der Waals surface area contributed by atoms with Gasteiger partial charge >= 0.3 is 0 Å². The summed E-state index contributed by atoms with van der Waals surface area (Å²) in [4.78, 5) is 0. The van der Waals surface area contributed by atoms with Gasteiger partial charge in [0.05, 0.1) is 11.4 Å². The summed E-state index contributed by atoms with van der Waals surface area (Å²) >= 11 is 0. The Morgan fingerprint density at radius 3 is 2.31 bits per heavy atom. The average molecular weight is 179 g/mol. The summed E-state index contributed by atoms with van der Waals surface area (Å²) in [6, 6.07) is 6.02. The number of anilines is 2. The summed E-state index contributed by atoms with van der Waals surface area (Å²) in [5.74, 6) is 5.31. The van der Waals surface area contributed by atoms with Crippen molar-refractivity contribution in [3.05, 3.63) is 36.9 Å². The number of nitrogens with two attached hydrogens (primary N) is 1. The smallest absolute Gasteiger partial charge is 0.0720 e. The Kier molecular flexibility index (Phi) is 5.39. The molecule has 0 aromatic heterocycles. The van der Waals surface area contributed by atoms with Crippen LogP contribution in [0, 0.1) is 6.92 Å². The van der Waals surface area contributed by atoms with Crippen LogP contribution in [-0.2, 0) is 0 Å². The molecule has 0 atom stereocenters. The minimum atomic E-state index is 0.924. The van der Waals surface area contributed by atoms with Gasteiger partial charge in [-0.2, -0.15) is 0 Å². The molecule has 4 N–H and O–H groups in total. The normalized spacial score (nSPS) is 8.23. The van der Waals surface area contributed by atoms with Gasteiger partial charge in [-0.05, 0) is 24.6 Å². The van der Waals surface area contributed by atoms with Gasteiger partial charge in [0.15, 0.2) is 0 Å². The molecule has 0 spiro atoms. The molecule has 0 amide bonds. The van der Waals surface area contributed by atoms with Crippen LogP contribution in [0.5, 0.6) is 0 Å². The molecule has 0 aliphatic carbocycles. The molecule has 0 aliphatic rings. The van der Waals surface area contributed by atoms with Gasteiger partial charge in [0, 0.05) is 7.05 Å². The average Bonchev–Trinajstić information content (AvgIpc) is 2.20. The summed E-state index contributed by atoms with van der Waals surface area (Å²) in [6.07, 6.45) is 0. The maximum atomic E-state index is 5.31. The lowest BCUT2D eigenvalue weighted by atomic mass is 10.2. The van der Waals surface area contributed by atoms with E-state index >= 15 is 0 Å². The van der Waals surface area contributed by atoms with Gasteiger partial charge in [0.1, 0.15) is 0 Å². The molecule has 3 heteroatoms. The molecule has 0 saturated heterocycles. The van der Waals surface area contributed by atoms with Gasteiger partial charge in [-0.1, -0.05) is 6.07 Å². The van der Waals surface area contributed by atoms with E-state index in [9.17, 15) is 0 Å². The fraction of sp³-hybridized carbons (Fsp3) is 0.200. The van der Waals surface area contributed by atoms with Gasteiger partial charge in [0.2, 0.25) is 0 Å². The fourth-order valence-electron chi connectivity index (χ4n) is 0.996. The molecular formula is C10H17N3. The first-order valence-electron chi connectivity index (χ1n) is 4.03. The fourth-order valence-corrected chi connectivity index (χ4v) is 0.996. The Morgan fingerprint density at radius 1 is 1.23 bits per heavy atom. The molecule has 0 saturated carbocycles. The number of nitrogens with one attached hydrogen (secondary N) is 2. The van der Waals surface area contributed by atoms with Gasteiger partial charge < -0.3 is 10.7 Å². The van der Waals surface area contributed by atoms with Gasteiger partial charge in [-0.25, -0.2) is 0 Å². The van der Waals surface area contributed by atoms with Gasteiger partial charge in [0.25, 0.3) is 0 Å². The first-order chi connectivity index (χ1) is 6.27. The first kappa shape index (κ1) is 11.5. The highest BCUT2D eigenvalue weighted by Crippen LogP contribution is 2.20. The molecule has 0 fully saturated rings. The third-order valence-corrected chi connectivity index (χ3v) is 1.60. The van der Waals surface area contributed by atoms with E-state index in [-0.39, 0.29) is 0 Å². The van der Waals surface area contributed by atoms with Crippen molar-refractivity contribution in [2.45, 2.75) is 6.92 Å². The van der Waals surface area contributed by atoms with Crippen LogP contribution in [0.15, 0.2) is 31.4 Å². The molecule has 13 heavy (non-hydrogen) atoms. The van der Waals surface area contributed by atoms with Gasteiger partial charge in [-0.3, -0.25) is 5.84 Å². The number of hydrogen-bond donors (Lipinski definition) is 3. The largest absolute Gasteiger partial charge is 0.386 e. The molecule has 3 nitrogen and oxygen atoms in total. The van der Waals surface area contributed by atoms with Crippen molar-refractivity contribution in [2.24, 2.45) is 5.84 Å². The lowest BCUT2D eigenvalue weighted by molar-refractivity contribution is 1.32. The summed E-state index contributed by atoms with van der Waals surface area (Å²) in [7, 11) is 1.87. The molecule has 0 radical (unpaired) electrons. The zero-order valence-electron chi connectivity index (χ0n) is 8.22. The predicted molar refractivity (Wildman–Crippen MR) is 59.8 cm³/mol. The highest BCUT2D eigenvalue weighted by Gasteiger charge is 1.96. The number of nitrogen functional groups attached to an aromatic ring is 1. The standard InChI is InChI=1S/C8H13N3.C2H4/c1-6-3-4-7(10-2)8(5-6)11-9;1-2/h3-5,10-11H,9H2,1-2H3;1-2H2. The highest BCUT2D eigenvalue weighted by molar-refractivity contribution is 5.68. The lowest BCUT2D eigenvalue weighted by Crippen LogP contribution is -2.09. The van der Waals surface area contributed by atoms with Crippen molar-refractivity contribution in [1.82, 2.24) is 0 Å². The Hall–Kier alpha value is -1.48. The van der Waals surface area contributed by atoms with Crippen molar-refractivity contribution < 1.29 is 0 Å². The van der Waals surface area contributed by atoms with E-state index in [2.05, 4.69) is 23.9 Å². The second-order valence-corrected chi connectivity index (χ2v) is 2.44. The summed E-state index contributed by atoms with van der Waals surface area (Å²) in [5, 5.41) is 3.03. The molecule has 1 aromatic rings. The van der Waals surface area contributed by atoms with Crippen LogP contribution < -0.4 is 16.6 Å². The number of benzene rings is 1. The molecule has 0 heterocycles. The molecule has 72 valence electrons. The van der Waals surface area contributed by atoms with Crippen LogP contribution in [0.4, 0.5) is 11.4 Å². The summed E-state index contributed by atoms with van der Waals surface area (Å²) in [6.45, 7) is 8.03. The zero-order valence-corrected chi connectivity index (χ0v) is 8.22. The lowest BCUT2D eigenvalue weighted by Gasteiger charge is -2.08. The summed E-state index contributed by atoms with van der Waals surface area (Å²) < 4.78 is 0. The van der Waals surface area contributed by atoms with Gasteiger partial charge in [-0.15, -0.1) is 13.2 Å². The molecule has 1 aromatic carbocycles. The van der Waals surface area contributed by atoms with Crippen LogP contribution >= 0.6 is 0 Å². The monoisotopic (exact) mass is 179 g/mol. The number of hydrogen-bond acceptors (Lipinski definition) is 3. The number of aryl methyl sites for hydroxylation is 1. The van der Waals surface area contributed by atoms with Crippen molar-refractivity contribution >= 4 is 11.4 Å². The van der Waals surface area contributed by atoms with Crippen molar-refractivity contribution in [3.63, 3.8) is 0 Å². The third kappa shape index (κ3) is 3.17. The van der Waals surface area contributed by atoms with E-state index in [1.54, 1.807) is 0 Å². The minimum absolute atomic E-state index is 0.924. The number of rotatable bonds is 2. The van der Waals surface area contributed by atoms with E-state index in [1.807, 2.05) is 32.2 Å². The Labute approximate surface area is 79.6 Å². The molecular weight excluding hydrogens is 162 g/mol. The quantitative estimate of drug-likeness (QED) is 0.370. The van der Waals surface area contributed by atoms with Crippen molar-refractivity contribution in [1.29, 1.82) is 0 Å². The summed E-state index contributed by atoms with van der Waals surface area (Å²) in [5.41, 5.74) is 5.75. The van der Waals surface area contributed by atoms with E-state index in [0.29, 0.717) is 0 Å². The molecule has 0 aliphatic heterocycles. The van der Waals surface area contributed by atoms with Crippen LogP contribution in [-0.4, -0.2) is 7.05 Å². The zero-order chi connectivity index (χ0) is 10.3. The molecule has 0 bridgehead atoms. The maximum Gasteiger partial charge on any atom is 0.0720 e. The Morgan fingerprint density at radius 2 is 1.85 bits per heavy atom. The minimum Gasteiger partial charge on any atom is -0.386 e. The van der Waals surface area contributed by atoms with Crippen LogP contribution in [0.2, 0.25) is 0 Å². The third-order valence-electron chi connectivity index (χ3n) is 1.60. The van der Waals surface area contributed by atoms with Crippen LogP contribution in [0.25, 0.3) is 0 Å². The molecule has 1 rings (SSSR count). The highest BCUT2D eigenvalue weighted by atomic mass is 15.2. The van der Waals surface area contributed by atoms with Crippen LogP contribution in [0.1, 0.15) is 5.56 Å². The molecule has 0 unspecified atom stereocenters. The second kappa shape index (κ2) is 6.08. The van der Waals surface area contributed by atoms with E-state index in [0.717, 1.165) is 11.4 Å². The maximum absolute atomic E-state index is 5.31. The van der Waals surface area contributed by atoms with E-state index in [1.165, 1.54) is 5.56 Å². The van der Waals surface area contributed by atoms with E-state index in [4.69, 9.17) is 5.84 Å². The second-order valence-electron chi connectivity index (χ2n) is 2.44. The SMILES string of the molecule is C=C.CNc1ccc(C)cc1NN. The Balaban J connectivity index is 0.000000671. The van der Waals surface area contributed by atoms with Crippen molar-refractivity contribution in [3.8, 4) is 0 Å². The first-order valence-corrected chi connectivity index (χ1v) is 4.03. The Bertz CT molecular complexity index is 258. The topological polar surface area (TPSA) is 50.1 Å². The van der Waals surface area contributed by atoms with E-state index < -0.39 is 0 Å². The van der Waals surface area contributed by atoms with Crippen molar-refractivity contribution in [2.75, 3.05) is 17.8 Å². The predicted octanol–water partition coefficient (Wildman–Crippen LogP) is 2.12.